The average Bonchev–Trinajstić information content (AvgIpc) is 3.60. The number of amides is 3. The molecule has 6 N–H and O–H groups in total. The first-order valence-corrected chi connectivity index (χ1v) is 13.7. The summed E-state index contributed by atoms with van der Waals surface area (Å²) in [6.07, 6.45) is 3.38. The Kier molecular flexibility index (Phi) is 8.41. The van der Waals surface area contributed by atoms with Crippen LogP contribution in [0.15, 0.2) is 47.2 Å². The van der Waals surface area contributed by atoms with Crippen molar-refractivity contribution in [2.24, 2.45) is 5.92 Å². The van der Waals surface area contributed by atoms with Crippen molar-refractivity contribution in [2.75, 3.05) is 36.9 Å². The number of aryl methyl sites for hydroxylation is 1. The van der Waals surface area contributed by atoms with Crippen LogP contribution >= 0.6 is 15.9 Å². The Balaban J connectivity index is 1.18. The molecule has 0 aliphatic carbocycles. The fraction of sp³-hybridized carbons (Fsp3) is 0.296. The molecule has 2 aromatic heterocycles. The summed E-state index contributed by atoms with van der Waals surface area (Å²) in [6.45, 7) is 4.37. The maximum atomic E-state index is 13.0. The highest BCUT2D eigenvalue weighted by Gasteiger charge is 2.22. The predicted molar refractivity (Wildman–Crippen MR) is 154 cm³/mol. The summed E-state index contributed by atoms with van der Waals surface area (Å²) in [7, 11) is 0. The first kappa shape index (κ1) is 27.3. The van der Waals surface area contributed by atoms with Crippen LogP contribution in [0.2, 0.25) is 0 Å². The molecule has 1 aliphatic rings. The molecule has 0 spiro atoms. The van der Waals surface area contributed by atoms with Crippen LogP contribution in [0.3, 0.4) is 0 Å². The van der Waals surface area contributed by atoms with Crippen LogP contribution in [0.4, 0.5) is 11.6 Å². The van der Waals surface area contributed by atoms with Crippen molar-refractivity contribution in [2.45, 2.75) is 19.8 Å². The Morgan fingerprint density at radius 1 is 1.07 bits per heavy atom. The number of nitrogens with one attached hydrogen (secondary N) is 6. The summed E-state index contributed by atoms with van der Waals surface area (Å²) in [5, 5.41) is 11.7. The van der Waals surface area contributed by atoms with Crippen molar-refractivity contribution in [3.8, 4) is 5.75 Å². The number of rotatable bonds is 9. The number of hydrogen-bond acceptors (Lipinski definition) is 7. The van der Waals surface area contributed by atoms with Gasteiger partial charge in [-0.3, -0.25) is 19.7 Å². The van der Waals surface area contributed by atoms with E-state index in [-0.39, 0.29) is 29.9 Å². The predicted octanol–water partition coefficient (Wildman–Crippen LogP) is 3.36. The molecule has 4 aromatic rings. The van der Waals surface area contributed by atoms with E-state index in [0.29, 0.717) is 34.9 Å². The number of halogens is 1. The second kappa shape index (κ2) is 12.3. The molecule has 40 heavy (non-hydrogen) atoms. The Hall–Kier alpha value is -4.23. The standard InChI is InChI=1S/C27H29BrN8O4/c1-15-2-3-17(28)10-20(15)33-25(38)23-24(32-14-31-23)26(39)36-27-34-19-5-4-18(11-21(19)35-27)40-13-22(37)30-12-16-6-8-29-9-7-16/h2-5,10-11,14,16,29H,6-9,12-13H2,1H3,(H,30,37)(H,31,32)(H,33,38)(H2,34,35,36,39). The fourth-order valence-corrected chi connectivity index (χ4v) is 4.76. The molecule has 1 saturated heterocycles. The van der Waals surface area contributed by atoms with E-state index in [0.717, 1.165) is 36.0 Å². The molecule has 0 radical (unpaired) electrons. The maximum Gasteiger partial charge on any atom is 0.276 e. The maximum absolute atomic E-state index is 13.0. The third-order valence-electron chi connectivity index (χ3n) is 6.63. The average molecular weight is 609 g/mol. The van der Waals surface area contributed by atoms with Crippen molar-refractivity contribution in [1.82, 2.24) is 30.6 Å². The van der Waals surface area contributed by atoms with Gasteiger partial charge in [0.2, 0.25) is 5.95 Å². The lowest BCUT2D eigenvalue weighted by Crippen LogP contribution is -2.37. The molecule has 208 valence electrons. The summed E-state index contributed by atoms with van der Waals surface area (Å²) in [6, 6.07) is 10.6. The molecule has 3 amide bonds. The van der Waals surface area contributed by atoms with Crippen LogP contribution in [0, 0.1) is 12.8 Å². The molecule has 0 saturated carbocycles. The lowest BCUT2D eigenvalue weighted by molar-refractivity contribution is -0.123. The molecule has 1 fully saturated rings. The summed E-state index contributed by atoms with van der Waals surface area (Å²) in [5.74, 6) is -0.150. The number of anilines is 2. The summed E-state index contributed by atoms with van der Waals surface area (Å²) in [5.41, 5.74) is 2.60. The van der Waals surface area contributed by atoms with Crippen LogP contribution in [-0.4, -0.2) is 63.9 Å². The molecule has 2 aromatic carbocycles. The van der Waals surface area contributed by atoms with Gasteiger partial charge in [-0.25, -0.2) is 9.97 Å². The van der Waals surface area contributed by atoms with Gasteiger partial charge < -0.3 is 30.7 Å². The zero-order valence-corrected chi connectivity index (χ0v) is 23.4. The van der Waals surface area contributed by atoms with E-state index in [1.54, 1.807) is 24.3 Å². The van der Waals surface area contributed by atoms with Gasteiger partial charge >= 0.3 is 0 Å². The Morgan fingerprint density at radius 2 is 1.90 bits per heavy atom. The summed E-state index contributed by atoms with van der Waals surface area (Å²) < 4.78 is 6.45. The second-order valence-electron chi connectivity index (χ2n) is 9.54. The lowest BCUT2D eigenvalue weighted by Gasteiger charge is -2.22. The van der Waals surface area contributed by atoms with E-state index >= 15 is 0 Å². The van der Waals surface area contributed by atoms with Crippen molar-refractivity contribution < 1.29 is 19.1 Å². The van der Waals surface area contributed by atoms with E-state index in [4.69, 9.17) is 4.74 Å². The number of benzene rings is 2. The molecule has 0 atom stereocenters. The smallest absolute Gasteiger partial charge is 0.276 e. The van der Waals surface area contributed by atoms with Gasteiger partial charge in [-0.1, -0.05) is 22.0 Å². The van der Waals surface area contributed by atoms with E-state index in [1.807, 2.05) is 19.1 Å². The van der Waals surface area contributed by atoms with Crippen LogP contribution in [0.25, 0.3) is 11.0 Å². The van der Waals surface area contributed by atoms with Crippen molar-refractivity contribution >= 4 is 56.3 Å². The minimum absolute atomic E-state index is 0.00914. The minimum Gasteiger partial charge on any atom is -0.484 e. The Labute approximate surface area is 238 Å². The summed E-state index contributed by atoms with van der Waals surface area (Å²) in [4.78, 5) is 52.2. The summed E-state index contributed by atoms with van der Waals surface area (Å²) >= 11 is 3.39. The number of carbonyl (C=O) groups is 3. The van der Waals surface area contributed by atoms with Crippen LogP contribution in [0.5, 0.6) is 5.75 Å². The highest BCUT2D eigenvalue weighted by atomic mass is 79.9. The quantitative estimate of drug-likeness (QED) is 0.169. The minimum atomic E-state index is -0.588. The third-order valence-corrected chi connectivity index (χ3v) is 7.13. The number of carbonyl (C=O) groups excluding carboxylic acids is 3. The van der Waals surface area contributed by atoms with E-state index in [9.17, 15) is 14.4 Å². The van der Waals surface area contributed by atoms with Gasteiger partial charge in [0.15, 0.2) is 12.3 Å². The zero-order chi connectivity index (χ0) is 28.1. The number of aromatic nitrogens is 4. The first-order chi connectivity index (χ1) is 19.4. The van der Waals surface area contributed by atoms with Gasteiger partial charge in [0, 0.05) is 22.8 Å². The van der Waals surface area contributed by atoms with Gasteiger partial charge in [0.1, 0.15) is 11.4 Å². The highest BCUT2D eigenvalue weighted by molar-refractivity contribution is 9.10. The molecule has 0 unspecified atom stereocenters. The van der Waals surface area contributed by atoms with Crippen LogP contribution in [0.1, 0.15) is 39.4 Å². The third kappa shape index (κ3) is 6.66. The number of aromatic amines is 2. The number of piperidine rings is 1. The Bertz CT molecular complexity index is 1540. The molecular formula is C27H29BrN8O4. The van der Waals surface area contributed by atoms with Crippen molar-refractivity contribution in [1.29, 1.82) is 0 Å². The number of H-pyrrole nitrogens is 2. The van der Waals surface area contributed by atoms with E-state index < -0.39 is 11.8 Å². The number of nitrogens with zero attached hydrogens (tertiary/aromatic N) is 2. The normalized spacial score (nSPS) is 13.7. The second-order valence-corrected chi connectivity index (χ2v) is 10.5. The van der Waals surface area contributed by atoms with Gasteiger partial charge in [0.25, 0.3) is 17.7 Å². The largest absolute Gasteiger partial charge is 0.484 e. The first-order valence-electron chi connectivity index (χ1n) is 12.9. The number of imidazole rings is 2. The van der Waals surface area contributed by atoms with Gasteiger partial charge in [-0.15, -0.1) is 0 Å². The Morgan fingerprint density at radius 3 is 2.73 bits per heavy atom. The monoisotopic (exact) mass is 608 g/mol. The molecule has 13 heteroatoms. The highest BCUT2D eigenvalue weighted by Crippen LogP contribution is 2.23. The molecule has 1 aliphatic heterocycles. The van der Waals surface area contributed by atoms with Crippen molar-refractivity contribution in [3.05, 3.63) is 64.1 Å². The van der Waals surface area contributed by atoms with Crippen LogP contribution in [-0.2, 0) is 4.79 Å². The van der Waals surface area contributed by atoms with Gasteiger partial charge in [0.05, 0.1) is 17.4 Å². The number of ether oxygens (including phenoxy) is 1. The van der Waals surface area contributed by atoms with Crippen molar-refractivity contribution in [3.63, 3.8) is 0 Å². The molecule has 0 bridgehead atoms. The molecule has 12 nitrogen and oxygen atoms in total. The number of fused-ring (bicyclic) bond motifs is 1. The van der Waals surface area contributed by atoms with Crippen LogP contribution < -0.4 is 26.0 Å². The molecular weight excluding hydrogens is 580 g/mol. The molecule has 3 heterocycles. The van der Waals surface area contributed by atoms with Gasteiger partial charge in [-0.2, -0.15) is 0 Å². The fourth-order valence-electron chi connectivity index (χ4n) is 4.40. The van der Waals surface area contributed by atoms with Gasteiger partial charge in [-0.05, 0) is 68.6 Å². The lowest BCUT2D eigenvalue weighted by atomic mass is 9.98. The zero-order valence-electron chi connectivity index (χ0n) is 21.8. The van der Waals surface area contributed by atoms with E-state index in [1.165, 1.54) is 6.33 Å². The topological polar surface area (TPSA) is 166 Å². The molecule has 5 rings (SSSR count). The van der Waals surface area contributed by atoms with E-state index in [2.05, 4.69) is 57.1 Å². The SMILES string of the molecule is Cc1ccc(Br)cc1NC(=O)c1nc[nH]c1C(=O)Nc1nc2cc(OCC(=O)NCC3CCNCC3)ccc2[nH]1. The number of hydrogen-bond donors (Lipinski definition) is 6.